The fourth-order valence-electron chi connectivity index (χ4n) is 4.03. The van der Waals surface area contributed by atoms with Crippen molar-refractivity contribution >= 4 is 28.0 Å². The quantitative estimate of drug-likeness (QED) is 0.506. The van der Waals surface area contributed by atoms with Gasteiger partial charge in [0, 0.05) is 29.3 Å². The second kappa shape index (κ2) is 6.49. The Bertz CT molecular complexity index is 1450. The molecule has 0 aliphatic carbocycles. The van der Waals surface area contributed by atoms with E-state index in [2.05, 4.69) is 38.1 Å². The maximum atomic E-state index is 11.8. The van der Waals surface area contributed by atoms with Crippen LogP contribution in [-0.2, 0) is 13.1 Å². The molecule has 0 spiro atoms. The fourth-order valence-corrected chi connectivity index (χ4v) is 4.03. The van der Waals surface area contributed by atoms with Gasteiger partial charge in [-0.25, -0.2) is 9.97 Å². The normalized spacial score (nSPS) is 13.0. The molecule has 30 heavy (non-hydrogen) atoms. The number of hydrogen-bond donors (Lipinski definition) is 1. The summed E-state index contributed by atoms with van der Waals surface area (Å²) in [5.41, 5.74) is 7.48. The number of rotatable bonds is 3. The van der Waals surface area contributed by atoms with E-state index in [1.54, 1.807) is 0 Å². The first kappa shape index (κ1) is 16.9. The zero-order chi connectivity index (χ0) is 20.1. The van der Waals surface area contributed by atoms with Crippen LogP contribution in [0.4, 0.5) is 0 Å². The number of nitrogens with one attached hydrogen (secondary N) is 1. The molecule has 2 aromatic carbocycles. The van der Waals surface area contributed by atoms with E-state index in [1.807, 2.05) is 55.0 Å². The lowest BCUT2D eigenvalue weighted by atomic mass is 10.0. The van der Waals surface area contributed by atoms with Crippen molar-refractivity contribution in [1.82, 2.24) is 24.8 Å². The zero-order valence-electron chi connectivity index (χ0n) is 16.0. The Kier molecular flexibility index (Phi) is 3.64. The molecule has 1 N–H and O–H groups in total. The van der Waals surface area contributed by atoms with E-state index in [0.29, 0.717) is 13.1 Å². The first-order chi connectivity index (χ1) is 14.7. The lowest BCUT2D eigenvalue weighted by Crippen LogP contribution is -2.12. The molecule has 6 nitrogen and oxygen atoms in total. The first-order valence-corrected chi connectivity index (χ1v) is 9.82. The molecule has 4 heterocycles. The highest BCUT2D eigenvalue weighted by Gasteiger charge is 2.19. The van der Waals surface area contributed by atoms with Gasteiger partial charge in [-0.15, -0.1) is 0 Å². The van der Waals surface area contributed by atoms with Crippen molar-refractivity contribution in [2.45, 2.75) is 13.1 Å². The van der Waals surface area contributed by atoms with Gasteiger partial charge in [-0.3, -0.25) is 9.78 Å². The van der Waals surface area contributed by atoms with Crippen LogP contribution in [0.1, 0.15) is 21.5 Å². The van der Waals surface area contributed by atoms with Gasteiger partial charge in [0.2, 0.25) is 0 Å². The van der Waals surface area contributed by atoms with Gasteiger partial charge >= 0.3 is 0 Å². The fraction of sp³-hybridized carbons (Fsp3) is 0.0833. The van der Waals surface area contributed by atoms with Crippen LogP contribution in [-0.4, -0.2) is 25.4 Å². The minimum absolute atomic E-state index is 0.0105. The second-order valence-corrected chi connectivity index (χ2v) is 7.50. The molecule has 1 aliphatic rings. The zero-order valence-corrected chi connectivity index (χ0v) is 16.0. The van der Waals surface area contributed by atoms with E-state index >= 15 is 0 Å². The van der Waals surface area contributed by atoms with Crippen molar-refractivity contribution in [3.63, 3.8) is 0 Å². The van der Waals surface area contributed by atoms with Crippen LogP contribution in [0.2, 0.25) is 0 Å². The summed E-state index contributed by atoms with van der Waals surface area (Å²) in [6, 6.07) is 20.2. The molecule has 0 fully saturated rings. The molecule has 6 rings (SSSR count). The Balaban J connectivity index is 1.38. The monoisotopic (exact) mass is 391 g/mol. The predicted octanol–water partition coefficient (Wildman–Crippen LogP) is 3.94. The van der Waals surface area contributed by atoms with E-state index in [9.17, 15) is 4.79 Å². The molecule has 3 aromatic heterocycles. The summed E-state index contributed by atoms with van der Waals surface area (Å²) < 4.78 is 2.06. The van der Waals surface area contributed by atoms with Gasteiger partial charge in [-0.2, -0.15) is 0 Å². The Labute approximate surface area is 172 Å². The number of benzene rings is 2. The van der Waals surface area contributed by atoms with Crippen molar-refractivity contribution in [2.75, 3.05) is 0 Å². The van der Waals surface area contributed by atoms with Crippen molar-refractivity contribution < 1.29 is 4.79 Å². The van der Waals surface area contributed by atoms with E-state index in [0.717, 1.165) is 44.5 Å². The van der Waals surface area contributed by atoms with E-state index < -0.39 is 0 Å². The summed E-state index contributed by atoms with van der Waals surface area (Å²) >= 11 is 0. The van der Waals surface area contributed by atoms with Crippen molar-refractivity contribution in [1.29, 1.82) is 0 Å². The Morgan fingerprint density at radius 2 is 1.90 bits per heavy atom. The van der Waals surface area contributed by atoms with Gasteiger partial charge in [-0.05, 0) is 53.6 Å². The van der Waals surface area contributed by atoms with Crippen LogP contribution in [0.15, 0.2) is 73.2 Å². The minimum atomic E-state index is -0.0105. The number of amides is 1. The van der Waals surface area contributed by atoms with Crippen LogP contribution in [0.3, 0.4) is 0 Å². The van der Waals surface area contributed by atoms with Gasteiger partial charge in [0.1, 0.15) is 5.52 Å². The van der Waals surface area contributed by atoms with Crippen molar-refractivity contribution in [3.8, 4) is 11.3 Å². The third-order valence-corrected chi connectivity index (χ3v) is 5.57. The average Bonchev–Trinajstić information content (AvgIpc) is 3.36. The van der Waals surface area contributed by atoms with E-state index in [1.165, 1.54) is 5.56 Å². The largest absolute Gasteiger partial charge is 0.348 e. The van der Waals surface area contributed by atoms with Crippen LogP contribution in [0.5, 0.6) is 0 Å². The predicted molar refractivity (Wildman–Crippen MR) is 115 cm³/mol. The summed E-state index contributed by atoms with van der Waals surface area (Å²) in [7, 11) is 0. The molecule has 1 aliphatic heterocycles. The molecule has 1 amide bonds. The van der Waals surface area contributed by atoms with Crippen LogP contribution in [0, 0.1) is 0 Å². The molecule has 5 aromatic rings. The maximum absolute atomic E-state index is 11.8. The highest BCUT2D eigenvalue weighted by Crippen LogP contribution is 2.26. The Morgan fingerprint density at radius 3 is 2.87 bits per heavy atom. The standard InChI is InChI=1S/C24H17N5O/c30-24-19-5-4-17(11-18(19)12-26-24)21-7-8-22-23(28-21)29(14-27-22)13-15-3-6-20-16(10-15)2-1-9-25-20/h1-11,14H,12-13H2,(H,26,30). The molecule has 0 unspecified atom stereocenters. The second-order valence-electron chi connectivity index (χ2n) is 7.50. The van der Waals surface area contributed by atoms with Gasteiger partial charge in [-0.1, -0.05) is 18.2 Å². The van der Waals surface area contributed by atoms with Gasteiger partial charge in [0.25, 0.3) is 5.91 Å². The van der Waals surface area contributed by atoms with Gasteiger partial charge in [0.15, 0.2) is 5.65 Å². The minimum Gasteiger partial charge on any atom is -0.348 e. The number of aromatic nitrogens is 4. The van der Waals surface area contributed by atoms with Crippen LogP contribution >= 0.6 is 0 Å². The van der Waals surface area contributed by atoms with Crippen molar-refractivity contribution in [2.24, 2.45) is 0 Å². The number of hydrogen-bond acceptors (Lipinski definition) is 4. The lowest BCUT2D eigenvalue weighted by molar-refractivity contribution is 0.0966. The molecule has 6 heteroatoms. The number of imidazole rings is 1. The molecule has 0 bridgehead atoms. The van der Waals surface area contributed by atoms with Crippen LogP contribution in [0.25, 0.3) is 33.3 Å². The summed E-state index contributed by atoms with van der Waals surface area (Å²) in [4.78, 5) is 25.6. The summed E-state index contributed by atoms with van der Waals surface area (Å²) in [6.45, 7) is 1.25. The Hall–Kier alpha value is -4.06. The highest BCUT2D eigenvalue weighted by atomic mass is 16.1. The number of pyridine rings is 2. The highest BCUT2D eigenvalue weighted by molar-refractivity contribution is 5.98. The molecule has 0 saturated heterocycles. The molecule has 0 saturated carbocycles. The van der Waals surface area contributed by atoms with Crippen LogP contribution < -0.4 is 5.32 Å². The Morgan fingerprint density at radius 1 is 0.967 bits per heavy atom. The number of fused-ring (bicyclic) bond motifs is 3. The summed E-state index contributed by atoms with van der Waals surface area (Å²) in [5.74, 6) is -0.0105. The molecular formula is C24H17N5O. The smallest absolute Gasteiger partial charge is 0.251 e. The number of nitrogens with zero attached hydrogens (tertiary/aromatic N) is 4. The molecule has 0 radical (unpaired) electrons. The molecular weight excluding hydrogens is 374 g/mol. The van der Waals surface area contributed by atoms with Gasteiger partial charge < -0.3 is 9.88 Å². The lowest BCUT2D eigenvalue weighted by Gasteiger charge is -2.07. The van der Waals surface area contributed by atoms with E-state index in [4.69, 9.17) is 4.98 Å². The summed E-state index contributed by atoms with van der Waals surface area (Å²) in [5, 5.41) is 3.98. The maximum Gasteiger partial charge on any atom is 0.251 e. The third-order valence-electron chi connectivity index (χ3n) is 5.57. The topological polar surface area (TPSA) is 72.7 Å². The number of carbonyl (C=O) groups is 1. The average molecular weight is 391 g/mol. The van der Waals surface area contributed by atoms with E-state index in [-0.39, 0.29) is 5.91 Å². The van der Waals surface area contributed by atoms with Gasteiger partial charge in [0.05, 0.1) is 24.1 Å². The SMILES string of the molecule is O=C1NCc2cc(-c3ccc4ncn(Cc5ccc6ncccc6c5)c4n3)ccc21. The summed E-state index contributed by atoms with van der Waals surface area (Å²) in [6.07, 6.45) is 3.64. The van der Waals surface area contributed by atoms with Crippen molar-refractivity contribution in [3.05, 3.63) is 89.9 Å². The molecule has 0 atom stereocenters. The first-order valence-electron chi connectivity index (χ1n) is 9.82. The molecule has 144 valence electrons. The number of carbonyl (C=O) groups excluding carboxylic acids is 1. The third kappa shape index (κ3) is 2.73.